The molecule has 0 aliphatic rings. The smallest absolute Gasteiger partial charge is 0.225 e. The molecule has 1 rings (SSSR count). The summed E-state index contributed by atoms with van der Waals surface area (Å²) in [5.41, 5.74) is 0. The van der Waals surface area contributed by atoms with E-state index in [1.165, 1.54) is 127 Å². The quantitative estimate of drug-likeness (QED) is 0.152. The van der Waals surface area contributed by atoms with Gasteiger partial charge in [0.05, 0.1) is 0 Å². The molecule has 1 heterocycles. The van der Waals surface area contributed by atoms with Gasteiger partial charge in [-0.2, -0.15) is 0 Å². The molecule has 5 heteroatoms. The van der Waals surface area contributed by atoms with Crippen LogP contribution < -0.4 is 5.32 Å². The van der Waals surface area contributed by atoms with Crippen molar-refractivity contribution in [3.63, 3.8) is 0 Å². The number of unbranched alkanes of at least 4 members (excludes halogenated alkanes) is 14. The summed E-state index contributed by atoms with van der Waals surface area (Å²) in [6.07, 6.45) is 26.2. The Morgan fingerprint density at radius 2 is 1.28 bits per heavy atom. The van der Waals surface area contributed by atoms with E-state index in [1.807, 2.05) is 5.38 Å². The van der Waals surface area contributed by atoms with Gasteiger partial charge in [-0.15, -0.1) is 11.3 Å². The first-order valence-corrected chi connectivity index (χ1v) is 15.2. The lowest BCUT2D eigenvalue weighted by Gasteiger charge is -2.17. The van der Waals surface area contributed by atoms with Crippen molar-refractivity contribution in [3.8, 4) is 0 Å². The number of hydrogen-bond donors (Lipinski definition) is 1. The Labute approximate surface area is 211 Å². The lowest BCUT2D eigenvalue weighted by molar-refractivity contribution is -0.116. The Bertz CT molecular complexity index is 544. The average molecular weight is 530 g/mol. The van der Waals surface area contributed by atoms with Gasteiger partial charge in [-0.05, 0) is 28.3 Å². The zero-order valence-corrected chi connectivity index (χ0v) is 23.3. The highest BCUT2D eigenvalue weighted by molar-refractivity contribution is 9.11. The molecule has 1 aromatic heterocycles. The second-order valence-corrected chi connectivity index (χ2v) is 11.6. The number of thiazole rings is 1. The zero-order valence-electron chi connectivity index (χ0n) is 20.9. The Morgan fingerprint density at radius 3 is 1.72 bits per heavy atom. The minimum Gasteiger partial charge on any atom is -0.310 e. The fourth-order valence-electron chi connectivity index (χ4n) is 4.42. The SMILES string of the molecule is CCCCCCCCCCC(CCCCCCCCCC)CCC(=O)Nc1csc(Br)n1. The van der Waals surface area contributed by atoms with Crippen LogP contribution in [0.3, 0.4) is 0 Å². The third kappa shape index (κ3) is 17.1. The molecule has 0 bridgehead atoms. The number of anilines is 1. The number of nitrogens with one attached hydrogen (secondary N) is 1. The topological polar surface area (TPSA) is 42.0 Å². The fraction of sp³-hybridized carbons (Fsp3) is 0.852. The molecule has 0 fully saturated rings. The fourth-order valence-corrected chi connectivity index (χ4v) is 5.36. The highest BCUT2D eigenvalue weighted by Gasteiger charge is 2.12. The van der Waals surface area contributed by atoms with Gasteiger partial charge in [0.1, 0.15) is 5.82 Å². The maximum absolute atomic E-state index is 12.4. The van der Waals surface area contributed by atoms with Crippen LogP contribution in [0.15, 0.2) is 9.30 Å². The predicted molar refractivity (Wildman–Crippen MR) is 146 cm³/mol. The minimum atomic E-state index is 0.111. The maximum atomic E-state index is 12.4. The third-order valence-corrected chi connectivity index (χ3v) is 7.82. The molecular weight excluding hydrogens is 480 g/mol. The van der Waals surface area contributed by atoms with E-state index in [0.717, 1.165) is 10.3 Å². The van der Waals surface area contributed by atoms with E-state index in [2.05, 4.69) is 40.1 Å². The standard InChI is InChI=1S/C27H49BrN2OS/c1-3-5-7-9-11-13-15-17-19-24(20-18-16-14-12-10-8-6-4-2)21-22-26(31)29-25-23-32-27(28)30-25/h23-24H,3-22H2,1-2H3,(H,29,31). The van der Waals surface area contributed by atoms with Gasteiger partial charge in [-0.25, -0.2) is 4.98 Å². The Balaban J connectivity index is 2.24. The molecule has 186 valence electrons. The summed E-state index contributed by atoms with van der Waals surface area (Å²) in [4.78, 5) is 16.6. The molecule has 0 unspecified atom stereocenters. The number of carbonyl (C=O) groups excluding carboxylic acids is 1. The van der Waals surface area contributed by atoms with Gasteiger partial charge in [-0.1, -0.05) is 129 Å². The second kappa shape index (κ2) is 21.1. The van der Waals surface area contributed by atoms with Gasteiger partial charge in [0.15, 0.2) is 3.92 Å². The minimum absolute atomic E-state index is 0.111. The van der Waals surface area contributed by atoms with Crippen LogP contribution in [0.1, 0.15) is 142 Å². The molecular formula is C27H49BrN2OS. The van der Waals surface area contributed by atoms with Crippen LogP contribution in [-0.4, -0.2) is 10.9 Å². The van der Waals surface area contributed by atoms with Gasteiger partial charge in [0, 0.05) is 11.8 Å². The molecule has 0 saturated carbocycles. The summed E-state index contributed by atoms with van der Waals surface area (Å²) < 4.78 is 0.815. The maximum Gasteiger partial charge on any atom is 0.225 e. The van der Waals surface area contributed by atoms with Gasteiger partial charge in [-0.3, -0.25) is 4.79 Å². The van der Waals surface area contributed by atoms with Gasteiger partial charge < -0.3 is 5.32 Å². The van der Waals surface area contributed by atoms with Gasteiger partial charge >= 0.3 is 0 Å². The first kappa shape index (κ1) is 29.6. The van der Waals surface area contributed by atoms with Crippen molar-refractivity contribution < 1.29 is 4.79 Å². The lowest BCUT2D eigenvalue weighted by Crippen LogP contribution is -2.14. The largest absolute Gasteiger partial charge is 0.310 e. The first-order chi connectivity index (χ1) is 15.7. The normalized spacial score (nSPS) is 11.4. The zero-order chi connectivity index (χ0) is 23.3. The van der Waals surface area contributed by atoms with E-state index in [9.17, 15) is 4.79 Å². The van der Waals surface area contributed by atoms with E-state index in [1.54, 1.807) is 0 Å². The Hall–Kier alpha value is -0.420. The van der Waals surface area contributed by atoms with Crippen LogP contribution in [0.25, 0.3) is 0 Å². The molecule has 32 heavy (non-hydrogen) atoms. The molecule has 0 aliphatic heterocycles. The molecule has 0 aliphatic carbocycles. The van der Waals surface area contributed by atoms with Crippen LogP contribution in [0.2, 0.25) is 0 Å². The van der Waals surface area contributed by atoms with Crippen LogP contribution >= 0.6 is 27.3 Å². The molecule has 1 N–H and O–H groups in total. The number of halogens is 1. The summed E-state index contributed by atoms with van der Waals surface area (Å²) in [5.74, 6) is 1.48. The number of hydrogen-bond acceptors (Lipinski definition) is 3. The lowest BCUT2D eigenvalue weighted by atomic mass is 9.90. The predicted octanol–water partition coefficient (Wildman–Crippen LogP) is 10.3. The summed E-state index contributed by atoms with van der Waals surface area (Å²) >= 11 is 4.86. The monoisotopic (exact) mass is 528 g/mol. The molecule has 0 radical (unpaired) electrons. The molecule has 1 aromatic rings. The Morgan fingerprint density at radius 1 is 0.812 bits per heavy atom. The van der Waals surface area contributed by atoms with Crippen molar-refractivity contribution in [2.45, 2.75) is 142 Å². The summed E-state index contributed by atoms with van der Waals surface area (Å²) in [6.45, 7) is 4.56. The molecule has 0 saturated heterocycles. The van der Waals surface area contributed by atoms with E-state index < -0.39 is 0 Å². The van der Waals surface area contributed by atoms with Crippen molar-refractivity contribution >= 4 is 39.0 Å². The van der Waals surface area contributed by atoms with Crippen molar-refractivity contribution in [1.29, 1.82) is 0 Å². The van der Waals surface area contributed by atoms with E-state index >= 15 is 0 Å². The second-order valence-electron chi connectivity index (χ2n) is 9.47. The van der Waals surface area contributed by atoms with Crippen molar-refractivity contribution in [1.82, 2.24) is 4.98 Å². The van der Waals surface area contributed by atoms with E-state index in [-0.39, 0.29) is 5.91 Å². The summed E-state index contributed by atoms with van der Waals surface area (Å²) in [7, 11) is 0. The third-order valence-electron chi connectivity index (χ3n) is 6.46. The van der Waals surface area contributed by atoms with Crippen molar-refractivity contribution in [2.24, 2.45) is 5.92 Å². The molecule has 1 amide bonds. The number of amides is 1. The van der Waals surface area contributed by atoms with E-state index in [4.69, 9.17) is 0 Å². The molecule has 0 atom stereocenters. The number of rotatable bonds is 22. The van der Waals surface area contributed by atoms with Crippen molar-refractivity contribution in [2.75, 3.05) is 5.32 Å². The number of nitrogens with zero attached hydrogens (tertiary/aromatic N) is 1. The van der Waals surface area contributed by atoms with Crippen LogP contribution in [0.4, 0.5) is 5.82 Å². The highest BCUT2D eigenvalue weighted by Crippen LogP contribution is 2.24. The van der Waals surface area contributed by atoms with Gasteiger partial charge in [0.25, 0.3) is 0 Å². The summed E-state index contributed by atoms with van der Waals surface area (Å²) in [6, 6.07) is 0. The van der Waals surface area contributed by atoms with Gasteiger partial charge in [0.2, 0.25) is 5.91 Å². The average Bonchev–Trinajstić information content (AvgIpc) is 3.19. The highest BCUT2D eigenvalue weighted by atomic mass is 79.9. The number of carbonyl (C=O) groups is 1. The summed E-state index contributed by atoms with van der Waals surface area (Å²) in [5, 5.41) is 4.84. The first-order valence-electron chi connectivity index (χ1n) is 13.6. The molecule has 0 spiro atoms. The van der Waals surface area contributed by atoms with Crippen molar-refractivity contribution in [3.05, 3.63) is 9.30 Å². The van der Waals surface area contributed by atoms with Crippen LogP contribution in [0.5, 0.6) is 0 Å². The Kier molecular flexibility index (Phi) is 19.6. The van der Waals surface area contributed by atoms with E-state index in [0.29, 0.717) is 18.2 Å². The number of aromatic nitrogens is 1. The van der Waals surface area contributed by atoms with Crippen LogP contribution in [0, 0.1) is 5.92 Å². The molecule has 3 nitrogen and oxygen atoms in total. The molecule has 0 aromatic carbocycles. The van der Waals surface area contributed by atoms with Crippen LogP contribution in [-0.2, 0) is 4.79 Å².